The highest BCUT2D eigenvalue weighted by atomic mass is 35.5. The highest BCUT2D eigenvalue weighted by molar-refractivity contribution is 6.30. The molecular weight excluding hydrogens is 255 g/mol. The number of nitrogens with two attached hydrogens (primary N) is 2. The second-order valence-electron chi connectivity index (χ2n) is 3.77. The van der Waals surface area contributed by atoms with E-state index in [1.54, 1.807) is 24.3 Å². The van der Waals surface area contributed by atoms with Gasteiger partial charge in [-0.15, -0.1) is 0 Å². The maximum Gasteiger partial charge on any atom is 0.146 e. The molecule has 0 fully saturated rings. The third-order valence-electron chi connectivity index (χ3n) is 2.64. The summed E-state index contributed by atoms with van der Waals surface area (Å²) in [4.78, 5) is 3.70. The molecule has 1 aromatic heterocycles. The predicted octanol–water partition coefficient (Wildman–Crippen LogP) is 2.01. The zero-order valence-corrected chi connectivity index (χ0v) is 10.2. The summed E-state index contributed by atoms with van der Waals surface area (Å²) in [6.45, 7) is 0. The molecule has 94 valence electrons. The van der Waals surface area contributed by atoms with Gasteiger partial charge in [0.1, 0.15) is 5.82 Å². The molecular formula is C12H12ClFN4. The Hall–Kier alpha value is -1.69. The predicted molar refractivity (Wildman–Crippen MR) is 69.2 cm³/mol. The second-order valence-corrected chi connectivity index (χ2v) is 4.21. The molecule has 0 saturated carbocycles. The van der Waals surface area contributed by atoms with Crippen LogP contribution in [-0.2, 0) is 0 Å². The number of nitrogen functional groups attached to an aromatic ring is 1. The topological polar surface area (TPSA) is 77.0 Å². The van der Waals surface area contributed by atoms with Gasteiger partial charge in [-0.25, -0.2) is 9.82 Å². The van der Waals surface area contributed by atoms with E-state index in [9.17, 15) is 4.39 Å². The maximum atomic E-state index is 13.7. The molecule has 0 aliphatic carbocycles. The number of nitrogens with zero attached hydrogens (tertiary/aromatic N) is 1. The monoisotopic (exact) mass is 266 g/mol. The fraction of sp³-hybridized carbons (Fsp3) is 0.0833. The molecule has 1 unspecified atom stereocenters. The third-order valence-corrected chi connectivity index (χ3v) is 2.88. The minimum absolute atomic E-state index is 0.376. The van der Waals surface area contributed by atoms with Gasteiger partial charge in [0.15, 0.2) is 0 Å². The van der Waals surface area contributed by atoms with Crippen molar-refractivity contribution >= 4 is 17.3 Å². The van der Waals surface area contributed by atoms with E-state index in [1.807, 2.05) is 0 Å². The van der Waals surface area contributed by atoms with E-state index in [4.69, 9.17) is 23.2 Å². The number of pyridine rings is 1. The number of benzene rings is 1. The third kappa shape index (κ3) is 2.43. The van der Waals surface area contributed by atoms with Gasteiger partial charge in [-0.2, -0.15) is 0 Å². The summed E-state index contributed by atoms with van der Waals surface area (Å²) in [7, 11) is 0. The summed E-state index contributed by atoms with van der Waals surface area (Å²) >= 11 is 5.83. The summed E-state index contributed by atoms with van der Waals surface area (Å²) in [5, 5.41) is 0.516. The molecule has 0 amide bonds. The first-order valence-corrected chi connectivity index (χ1v) is 5.61. The van der Waals surface area contributed by atoms with Crippen LogP contribution in [0.25, 0.3) is 0 Å². The number of anilines is 1. The lowest BCUT2D eigenvalue weighted by Gasteiger charge is -2.19. The number of nitrogens with one attached hydrogen (secondary N) is 1. The molecule has 0 radical (unpaired) electrons. The first-order valence-electron chi connectivity index (χ1n) is 5.24. The lowest BCUT2D eigenvalue weighted by Crippen LogP contribution is -2.30. The van der Waals surface area contributed by atoms with Crippen molar-refractivity contribution in [3.8, 4) is 0 Å². The minimum atomic E-state index is -0.551. The smallest absolute Gasteiger partial charge is 0.146 e. The molecule has 0 saturated heterocycles. The van der Waals surface area contributed by atoms with Crippen molar-refractivity contribution in [2.45, 2.75) is 6.04 Å². The Balaban J connectivity index is 2.49. The van der Waals surface area contributed by atoms with Crippen molar-refractivity contribution < 1.29 is 4.39 Å². The van der Waals surface area contributed by atoms with Crippen LogP contribution in [0.4, 0.5) is 10.1 Å². The quantitative estimate of drug-likeness (QED) is 0.451. The molecule has 0 spiro atoms. The SMILES string of the molecule is NNC(c1ccc(Cl)cc1N)c1ccncc1F. The number of hydrogen-bond acceptors (Lipinski definition) is 4. The van der Waals surface area contributed by atoms with Gasteiger partial charge >= 0.3 is 0 Å². The summed E-state index contributed by atoms with van der Waals surface area (Å²) in [6.07, 6.45) is 2.63. The fourth-order valence-electron chi connectivity index (χ4n) is 1.78. The van der Waals surface area contributed by atoms with E-state index in [1.165, 1.54) is 6.20 Å². The van der Waals surface area contributed by atoms with Gasteiger partial charge in [0.2, 0.25) is 0 Å². The highest BCUT2D eigenvalue weighted by Gasteiger charge is 2.18. The molecule has 18 heavy (non-hydrogen) atoms. The number of rotatable bonds is 3. The zero-order chi connectivity index (χ0) is 13.1. The fourth-order valence-corrected chi connectivity index (χ4v) is 1.96. The Morgan fingerprint density at radius 3 is 2.67 bits per heavy atom. The largest absolute Gasteiger partial charge is 0.398 e. The molecule has 5 N–H and O–H groups in total. The minimum Gasteiger partial charge on any atom is -0.398 e. The van der Waals surface area contributed by atoms with E-state index in [0.29, 0.717) is 21.8 Å². The van der Waals surface area contributed by atoms with Crippen LogP contribution >= 0.6 is 11.6 Å². The molecule has 1 heterocycles. The Labute approximate surface area is 109 Å². The number of aromatic nitrogens is 1. The van der Waals surface area contributed by atoms with Crippen molar-refractivity contribution in [3.05, 3.63) is 58.6 Å². The van der Waals surface area contributed by atoms with Gasteiger partial charge in [0.05, 0.1) is 12.2 Å². The first-order chi connectivity index (χ1) is 8.63. The van der Waals surface area contributed by atoms with E-state index >= 15 is 0 Å². The average Bonchev–Trinajstić information content (AvgIpc) is 2.34. The van der Waals surface area contributed by atoms with E-state index in [0.717, 1.165) is 6.20 Å². The van der Waals surface area contributed by atoms with E-state index in [2.05, 4.69) is 10.4 Å². The van der Waals surface area contributed by atoms with Crippen molar-refractivity contribution in [2.75, 3.05) is 5.73 Å². The van der Waals surface area contributed by atoms with Crippen molar-refractivity contribution in [1.29, 1.82) is 0 Å². The Bertz CT molecular complexity index is 562. The van der Waals surface area contributed by atoms with Gasteiger partial charge in [0, 0.05) is 22.5 Å². The molecule has 2 rings (SSSR count). The van der Waals surface area contributed by atoms with Crippen LogP contribution in [-0.4, -0.2) is 4.98 Å². The second kappa shape index (κ2) is 5.30. The van der Waals surface area contributed by atoms with Crippen LogP contribution in [0.1, 0.15) is 17.2 Å². The van der Waals surface area contributed by atoms with Crippen molar-refractivity contribution in [1.82, 2.24) is 10.4 Å². The number of hydrazine groups is 1. The van der Waals surface area contributed by atoms with Crippen molar-refractivity contribution in [2.24, 2.45) is 5.84 Å². The summed E-state index contributed by atoms with van der Waals surface area (Å²) in [5.74, 6) is 5.04. The van der Waals surface area contributed by atoms with Gasteiger partial charge in [0.25, 0.3) is 0 Å². The molecule has 2 aromatic rings. The standard InChI is InChI=1S/C12H12ClFN4/c13-7-1-2-9(11(15)5-7)12(18-16)8-3-4-17-6-10(8)14/h1-6,12,18H,15-16H2. The Morgan fingerprint density at radius 2 is 2.06 bits per heavy atom. The van der Waals surface area contributed by atoms with Crippen LogP contribution in [0.2, 0.25) is 5.02 Å². The average molecular weight is 267 g/mol. The van der Waals surface area contributed by atoms with Gasteiger partial charge in [-0.1, -0.05) is 17.7 Å². The Morgan fingerprint density at radius 1 is 1.28 bits per heavy atom. The lowest BCUT2D eigenvalue weighted by molar-refractivity contribution is 0.556. The summed E-state index contributed by atoms with van der Waals surface area (Å²) < 4.78 is 13.7. The van der Waals surface area contributed by atoms with Crippen LogP contribution in [0, 0.1) is 5.82 Å². The van der Waals surface area contributed by atoms with E-state index in [-0.39, 0.29) is 0 Å². The maximum absolute atomic E-state index is 13.7. The molecule has 1 atom stereocenters. The van der Waals surface area contributed by atoms with Gasteiger partial charge in [-0.05, 0) is 23.8 Å². The molecule has 1 aromatic carbocycles. The van der Waals surface area contributed by atoms with Crippen LogP contribution in [0.3, 0.4) is 0 Å². The number of hydrogen-bond donors (Lipinski definition) is 3. The van der Waals surface area contributed by atoms with Crippen LogP contribution in [0.15, 0.2) is 36.7 Å². The normalized spacial score (nSPS) is 12.4. The van der Waals surface area contributed by atoms with Crippen molar-refractivity contribution in [3.63, 3.8) is 0 Å². The summed E-state index contributed by atoms with van der Waals surface area (Å²) in [6, 6.07) is 5.98. The molecule has 6 heteroatoms. The zero-order valence-electron chi connectivity index (χ0n) is 9.40. The van der Waals surface area contributed by atoms with E-state index < -0.39 is 11.9 Å². The summed E-state index contributed by atoms with van der Waals surface area (Å²) in [5.41, 5.74) is 9.89. The highest BCUT2D eigenvalue weighted by Crippen LogP contribution is 2.29. The first kappa shape index (κ1) is 12.8. The molecule has 0 bridgehead atoms. The Kier molecular flexibility index (Phi) is 3.76. The molecule has 0 aliphatic rings. The van der Waals surface area contributed by atoms with Crippen LogP contribution in [0.5, 0.6) is 0 Å². The van der Waals surface area contributed by atoms with Gasteiger partial charge < -0.3 is 5.73 Å². The van der Waals surface area contributed by atoms with Gasteiger partial charge in [-0.3, -0.25) is 10.8 Å². The molecule has 4 nitrogen and oxygen atoms in total. The lowest BCUT2D eigenvalue weighted by atomic mass is 9.98. The molecule has 0 aliphatic heterocycles. The number of halogens is 2. The van der Waals surface area contributed by atoms with Crippen LogP contribution < -0.4 is 17.0 Å².